The minimum Gasteiger partial charge on any atom is -0.509 e. The zero-order valence-electron chi connectivity index (χ0n) is 16.3. The Morgan fingerprint density at radius 1 is 1.04 bits per heavy atom. The normalized spacial score (nSPS) is 14.5. The van der Waals surface area contributed by atoms with Crippen molar-refractivity contribution in [2.45, 2.75) is 61.3 Å². The van der Waals surface area contributed by atoms with Crippen LogP contribution in [-0.4, -0.2) is 13.5 Å². The molecule has 0 aromatic heterocycles. The molecule has 1 N–H and O–H groups in total. The lowest BCUT2D eigenvalue weighted by molar-refractivity contribution is 0.435. The van der Waals surface area contributed by atoms with Crippen LogP contribution in [0.4, 0.5) is 0 Å². The summed E-state index contributed by atoms with van der Waals surface area (Å²) < 4.78 is 24.6. The van der Waals surface area contributed by atoms with Crippen molar-refractivity contribution in [3.05, 3.63) is 58.6 Å². The maximum atomic E-state index is 12.3. The van der Waals surface area contributed by atoms with Gasteiger partial charge < -0.3 is 5.11 Å². The van der Waals surface area contributed by atoms with E-state index in [2.05, 4.69) is 33.9 Å². The van der Waals surface area contributed by atoms with Crippen molar-refractivity contribution in [3.8, 4) is 0 Å². The molecule has 0 fully saturated rings. The van der Waals surface area contributed by atoms with E-state index in [1.54, 1.807) is 6.08 Å². The molecule has 0 aromatic rings. The van der Waals surface area contributed by atoms with Crippen LogP contribution in [0.3, 0.4) is 0 Å². The first-order chi connectivity index (χ1) is 11.0. The summed E-state index contributed by atoms with van der Waals surface area (Å²) >= 11 is 0. The topological polar surface area (TPSA) is 54.4 Å². The van der Waals surface area contributed by atoms with E-state index < -0.39 is 9.84 Å². The van der Waals surface area contributed by atoms with E-state index in [1.807, 2.05) is 33.8 Å². The predicted octanol–water partition coefficient (Wildman–Crippen LogP) is 6.25. The monoisotopic (exact) mass is 354 g/mol. The van der Waals surface area contributed by atoms with Gasteiger partial charge in [0.1, 0.15) is 5.76 Å². The van der Waals surface area contributed by atoms with Gasteiger partial charge in [-0.05, 0) is 36.5 Å². The Hall–Kier alpha value is -1.55. The molecule has 0 unspecified atom stereocenters. The molecular weight excluding hydrogens is 320 g/mol. The maximum absolute atomic E-state index is 12.3. The fourth-order valence-corrected chi connectivity index (χ4v) is 3.12. The fourth-order valence-electron chi connectivity index (χ4n) is 1.91. The molecule has 0 heterocycles. The van der Waals surface area contributed by atoms with E-state index in [0.717, 1.165) is 6.42 Å². The molecule has 0 bridgehead atoms. The second-order valence-electron chi connectivity index (χ2n) is 5.87. The highest BCUT2D eigenvalue weighted by Crippen LogP contribution is 2.35. The first-order valence-corrected chi connectivity index (χ1v) is 9.93. The predicted molar refractivity (Wildman–Crippen MR) is 107 cm³/mol. The van der Waals surface area contributed by atoms with E-state index in [4.69, 9.17) is 5.11 Å². The standard InChI is InChI=1S/C16H22O3S.2C2H6/c1-12(17)6-7-13(2)20(18,19)15-10-8-14(9-11-15)16(3,4)5;2*1-2/h6-8,10,17H,1-2,9,11H2,3-5H3;2*1-2H3/b7-6-;;. The van der Waals surface area contributed by atoms with Gasteiger partial charge in [-0.25, -0.2) is 8.42 Å². The summed E-state index contributed by atoms with van der Waals surface area (Å²) in [4.78, 5) is 0.329. The molecule has 0 aliphatic heterocycles. The van der Waals surface area contributed by atoms with Crippen molar-refractivity contribution in [2.75, 3.05) is 0 Å². The van der Waals surface area contributed by atoms with Gasteiger partial charge >= 0.3 is 0 Å². The lowest BCUT2D eigenvalue weighted by atomic mass is 9.82. The SMILES string of the molecule is C=C(O)/C=C\C(=C)S(=O)(=O)C1=CC=C(C(C)(C)C)CC1.CC.CC. The Kier molecular flexibility index (Phi) is 11.4. The van der Waals surface area contributed by atoms with Crippen molar-refractivity contribution in [1.82, 2.24) is 0 Å². The van der Waals surface area contributed by atoms with Gasteiger partial charge in [0.25, 0.3) is 0 Å². The van der Waals surface area contributed by atoms with Crippen LogP contribution >= 0.6 is 0 Å². The smallest absolute Gasteiger partial charge is 0.202 e. The molecule has 3 nitrogen and oxygen atoms in total. The summed E-state index contributed by atoms with van der Waals surface area (Å²) in [5.74, 6) is -0.200. The number of allylic oxidation sites excluding steroid dienone is 6. The number of aliphatic hydroxyl groups excluding tert-OH is 1. The van der Waals surface area contributed by atoms with Crippen LogP contribution < -0.4 is 0 Å². The largest absolute Gasteiger partial charge is 0.509 e. The third kappa shape index (κ3) is 7.82. The maximum Gasteiger partial charge on any atom is 0.202 e. The summed E-state index contributed by atoms with van der Waals surface area (Å²) in [5.41, 5.74) is 1.29. The molecule has 0 atom stereocenters. The van der Waals surface area contributed by atoms with Gasteiger partial charge in [-0.3, -0.25) is 0 Å². The molecule has 0 saturated carbocycles. The van der Waals surface area contributed by atoms with Gasteiger partial charge in [0.2, 0.25) is 9.84 Å². The van der Waals surface area contributed by atoms with Gasteiger partial charge in [-0.1, -0.05) is 73.3 Å². The van der Waals surface area contributed by atoms with Crippen LogP contribution in [0, 0.1) is 5.41 Å². The number of hydrogen-bond donors (Lipinski definition) is 1. The molecule has 0 saturated heterocycles. The lowest BCUT2D eigenvalue weighted by Gasteiger charge is -2.25. The molecule has 1 aliphatic rings. The third-order valence-corrected chi connectivity index (χ3v) is 5.08. The van der Waals surface area contributed by atoms with Gasteiger partial charge in [0.15, 0.2) is 0 Å². The molecule has 4 heteroatoms. The van der Waals surface area contributed by atoms with Crippen molar-refractivity contribution in [2.24, 2.45) is 5.41 Å². The highest BCUT2D eigenvalue weighted by Gasteiger charge is 2.25. The molecule has 0 aromatic carbocycles. The average Bonchev–Trinajstić information content (AvgIpc) is 2.55. The van der Waals surface area contributed by atoms with Crippen LogP contribution in [-0.2, 0) is 9.84 Å². The Morgan fingerprint density at radius 2 is 1.54 bits per heavy atom. The fraction of sp³-hybridized carbons (Fsp3) is 0.500. The highest BCUT2D eigenvalue weighted by atomic mass is 32.2. The molecule has 1 aliphatic carbocycles. The molecular formula is C20H34O3S. The summed E-state index contributed by atoms with van der Waals surface area (Å²) in [6, 6.07) is 0. The summed E-state index contributed by atoms with van der Waals surface area (Å²) in [6.07, 6.45) is 7.25. The second kappa shape index (κ2) is 11.1. The quantitative estimate of drug-likeness (QED) is 0.480. The van der Waals surface area contributed by atoms with E-state index in [-0.39, 0.29) is 16.1 Å². The average molecular weight is 355 g/mol. The van der Waals surface area contributed by atoms with Gasteiger partial charge in [0, 0.05) is 4.91 Å². The Morgan fingerprint density at radius 3 is 1.88 bits per heavy atom. The van der Waals surface area contributed by atoms with E-state index in [1.165, 1.54) is 17.7 Å². The first-order valence-electron chi connectivity index (χ1n) is 8.45. The Labute approximate surface area is 149 Å². The number of sulfone groups is 1. The Balaban J connectivity index is 0. The van der Waals surface area contributed by atoms with E-state index in [9.17, 15) is 8.42 Å². The zero-order valence-corrected chi connectivity index (χ0v) is 17.1. The second-order valence-corrected chi connectivity index (χ2v) is 7.92. The van der Waals surface area contributed by atoms with Crippen molar-refractivity contribution in [1.29, 1.82) is 0 Å². The van der Waals surface area contributed by atoms with Crippen molar-refractivity contribution < 1.29 is 13.5 Å². The van der Waals surface area contributed by atoms with E-state index >= 15 is 0 Å². The van der Waals surface area contributed by atoms with Crippen LogP contribution in [0.2, 0.25) is 0 Å². The van der Waals surface area contributed by atoms with Gasteiger partial charge in [-0.15, -0.1) is 0 Å². The minimum absolute atomic E-state index is 0.0356. The molecule has 138 valence electrons. The zero-order chi connectivity index (χ0) is 19.6. The van der Waals surface area contributed by atoms with Crippen LogP contribution in [0.1, 0.15) is 61.3 Å². The number of rotatable bonds is 4. The van der Waals surface area contributed by atoms with Crippen LogP contribution in [0.5, 0.6) is 0 Å². The molecule has 24 heavy (non-hydrogen) atoms. The summed E-state index contributed by atoms with van der Waals surface area (Å²) in [7, 11) is -3.54. The van der Waals surface area contributed by atoms with Crippen LogP contribution in [0.25, 0.3) is 0 Å². The molecule has 0 radical (unpaired) electrons. The first kappa shape index (κ1) is 24.7. The van der Waals surface area contributed by atoms with Gasteiger partial charge in [0.05, 0.1) is 4.91 Å². The highest BCUT2D eigenvalue weighted by molar-refractivity contribution is 7.99. The number of aliphatic hydroxyl groups is 1. The minimum atomic E-state index is -3.54. The number of hydrogen-bond acceptors (Lipinski definition) is 3. The van der Waals surface area contributed by atoms with Crippen molar-refractivity contribution >= 4 is 9.84 Å². The molecule has 0 amide bonds. The summed E-state index contributed by atoms with van der Waals surface area (Å²) in [5, 5.41) is 8.96. The Bertz CT molecular complexity index is 610. The third-order valence-electron chi connectivity index (χ3n) is 3.23. The lowest BCUT2D eigenvalue weighted by Crippen LogP contribution is -2.14. The van der Waals surface area contributed by atoms with Crippen LogP contribution in [0.15, 0.2) is 58.6 Å². The van der Waals surface area contributed by atoms with Crippen molar-refractivity contribution in [3.63, 3.8) is 0 Å². The molecule has 0 spiro atoms. The molecule has 1 rings (SSSR count). The van der Waals surface area contributed by atoms with Gasteiger partial charge in [-0.2, -0.15) is 0 Å². The summed E-state index contributed by atoms with van der Waals surface area (Å²) in [6.45, 7) is 21.2. The van der Waals surface area contributed by atoms with E-state index in [0.29, 0.717) is 11.3 Å².